The van der Waals surface area contributed by atoms with Crippen molar-refractivity contribution in [2.75, 3.05) is 0 Å². The molecule has 11 aromatic rings. The number of furan rings is 1. The zero-order chi connectivity index (χ0) is 38.9. The van der Waals surface area contributed by atoms with Gasteiger partial charge in [-0.2, -0.15) is 0 Å². The Kier molecular flexibility index (Phi) is 7.57. The predicted octanol–water partition coefficient (Wildman–Crippen LogP) is 14.0. The van der Waals surface area contributed by atoms with Crippen molar-refractivity contribution in [3.8, 4) is 22.3 Å². The third kappa shape index (κ3) is 5.45. The van der Waals surface area contributed by atoms with Gasteiger partial charge in [-0.3, -0.25) is 0 Å². The minimum absolute atomic E-state index is 0.327. The summed E-state index contributed by atoms with van der Waals surface area (Å²) in [5.74, 6) is 1.44. The molecule has 0 fully saturated rings. The molecule has 276 valence electrons. The van der Waals surface area contributed by atoms with Crippen molar-refractivity contribution in [3.05, 3.63) is 217 Å². The Morgan fingerprint density at radius 1 is 0.407 bits per heavy atom. The number of rotatable bonds is 5. The molecule has 1 aliphatic heterocycles. The van der Waals surface area contributed by atoms with Crippen LogP contribution in [0.5, 0.6) is 0 Å². The molecule has 59 heavy (non-hydrogen) atoms. The van der Waals surface area contributed by atoms with E-state index < -0.39 is 0 Å². The molecular formula is C55H35N3O. The number of fused-ring (bicyclic) bond motifs is 9. The Hall–Kier alpha value is -7.82. The van der Waals surface area contributed by atoms with E-state index in [0.717, 1.165) is 61.2 Å². The lowest BCUT2D eigenvalue weighted by Gasteiger charge is -2.23. The lowest BCUT2D eigenvalue weighted by Crippen LogP contribution is -2.33. The van der Waals surface area contributed by atoms with Gasteiger partial charge < -0.3 is 9.73 Å². The molecule has 0 saturated carbocycles. The van der Waals surface area contributed by atoms with Crippen LogP contribution in [0.3, 0.4) is 0 Å². The molecule has 0 radical (unpaired) electrons. The first kappa shape index (κ1) is 33.3. The van der Waals surface area contributed by atoms with E-state index in [1.807, 2.05) is 24.3 Å². The fourth-order valence-electron chi connectivity index (χ4n) is 9.16. The second kappa shape index (κ2) is 13.4. The summed E-state index contributed by atoms with van der Waals surface area (Å²) in [6.07, 6.45) is -0.327. The first-order valence-electron chi connectivity index (χ1n) is 20.1. The van der Waals surface area contributed by atoms with Gasteiger partial charge in [-0.25, -0.2) is 9.98 Å². The van der Waals surface area contributed by atoms with Crippen LogP contribution in [0.4, 0.5) is 0 Å². The van der Waals surface area contributed by atoms with Crippen molar-refractivity contribution in [2.24, 2.45) is 9.98 Å². The topological polar surface area (TPSA) is 49.9 Å². The van der Waals surface area contributed by atoms with Crippen LogP contribution >= 0.6 is 0 Å². The number of hydrogen-bond acceptors (Lipinski definition) is 4. The average Bonchev–Trinajstić information content (AvgIpc) is 3.70. The van der Waals surface area contributed by atoms with Gasteiger partial charge in [-0.1, -0.05) is 170 Å². The Balaban J connectivity index is 1.19. The fourth-order valence-corrected chi connectivity index (χ4v) is 9.16. The predicted molar refractivity (Wildman–Crippen MR) is 246 cm³/mol. The molecule has 0 saturated heterocycles. The van der Waals surface area contributed by atoms with Crippen LogP contribution in [-0.4, -0.2) is 11.7 Å². The van der Waals surface area contributed by atoms with Gasteiger partial charge in [0.1, 0.15) is 23.2 Å². The highest BCUT2D eigenvalue weighted by molar-refractivity contribution is 6.25. The molecule has 4 nitrogen and oxygen atoms in total. The molecule has 12 rings (SSSR count). The van der Waals surface area contributed by atoms with Crippen molar-refractivity contribution in [2.45, 2.75) is 6.17 Å². The molecule has 1 unspecified atom stereocenters. The molecule has 0 aliphatic carbocycles. The maximum Gasteiger partial charge on any atom is 0.160 e. The van der Waals surface area contributed by atoms with Crippen molar-refractivity contribution in [3.63, 3.8) is 0 Å². The summed E-state index contributed by atoms with van der Waals surface area (Å²) >= 11 is 0. The summed E-state index contributed by atoms with van der Waals surface area (Å²) < 4.78 is 7.08. The van der Waals surface area contributed by atoms with E-state index in [2.05, 4.69) is 181 Å². The van der Waals surface area contributed by atoms with Crippen LogP contribution in [0.1, 0.15) is 22.9 Å². The van der Waals surface area contributed by atoms with Crippen LogP contribution in [0.2, 0.25) is 0 Å². The number of nitrogens with one attached hydrogen (secondary N) is 1. The Bertz CT molecular complexity index is 3530. The minimum Gasteiger partial charge on any atom is -0.455 e. The van der Waals surface area contributed by atoms with Crippen molar-refractivity contribution < 1.29 is 4.42 Å². The number of amidine groups is 2. The number of hydrogen-bond donors (Lipinski definition) is 1. The maximum atomic E-state index is 7.08. The van der Waals surface area contributed by atoms with Crippen molar-refractivity contribution in [1.29, 1.82) is 0 Å². The molecule has 0 spiro atoms. The molecule has 1 aromatic heterocycles. The largest absolute Gasteiger partial charge is 0.455 e. The Morgan fingerprint density at radius 3 is 1.68 bits per heavy atom. The van der Waals surface area contributed by atoms with Crippen LogP contribution < -0.4 is 5.32 Å². The summed E-state index contributed by atoms with van der Waals surface area (Å²) in [4.78, 5) is 10.6. The van der Waals surface area contributed by atoms with E-state index >= 15 is 0 Å². The highest BCUT2D eigenvalue weighted by atomic mass is 16.3. The third-order valence-electron chi connectivity index (χ3n) is 11.9. The van der Waals surface area contributed by atoms with Gasteiger partial charge >= 0.3 is 0 Å². The monoisotopic (exact) mass is 753 g/mol. The number of aliphatic imine (C=N–C) groups is 2. The summed E-state index contributed by atoms with van der Waals surface area (Å²) in [5.41, 5.74) is 9.08. The van der Waals surface area contributed by atoms with E-state index in [-0.39, 0.29) is 6.17 Å². The molecule has 4 heteroatoms. The van der Waals surface area contributed by atoms with Crippen molar-refractivity contribution >= 4 is 76.7 Å². The van der Waals surface area contributed by atoms with Crippen LogP contribution in [0.15, 0.2) is 215 Å². The lowest BCUT2D eigenvalue weighted by molar-refractivity contribution is 0.669. The quantitative estimate of drug-likeness (QED) is 0.178. The Morgan fingerprint density at radius 2 is 0.983 bits per heavy atom. The first-order chi connectivity index (χ1) is 29.2. The summed E-state index contributed by atoms with van der Waals surface area (Å²) in [6.45, 7) is 0. The third-order valence-corrected chi connectivity index (χ3v) is 11.9. The summed E-state index contributed by atoms with van der Waals surface area (Å²) in [7, 11) is 0. The van der Waals surface area contributed by atoms with E-state index in [0.29, 0.717) is 5.84 Å². The molecule has 1 atom stereocenters. The number of benzene rings is 10. The van der Waals surface area contributed by atoms with Gasteiger partial charge in [0.2, 0.25) is 0 Å². The molecule has 10 aromatic carbocycles. The zero-order valence-corrected chi connectivity index (χ0v) is 31.9. The fraction of sp³-hybridized carbons (Fsp3) is 0.0182. The van der Waals surface area contributed by atoms with Crippen molar-refractivity contribution in [1.82, 2.24) is 5.32 Å². The summed E-state index contributed by atoms with van der Waals surface area (Å²) in [6, 6.07) is 71.1. The maximum absolute atomic E-state index is 7.08. The second-order valence-electron chi connectivity index (χ2n) is 15.3. The Labute approximate surface area is 340 Å². The molecule has 1 aliphatic rings. The lowest BCUT2D eigenvalue weighted by atomic mass is 9.88. The van der Waals surface area contributed by atoms with Gasteiger partial charge in [-0.05, 0) is 95.7 Å². The highest BCUT2D eigenvalue weighted by Crippen LogP contribution is 2.46. The SMILES string of the molecule is c1ccc(C2=NC(c3cccc4oc5c(-c6cc7ccccc7c7ccccc67)cc(-c6cc7ccccc7c7ccccc67)cc5c34)=NC(c3ccccc3)N2)cc1. The van der Waals surface area contributed by atoms with Gasteiger partial charge in [0.25, 0.3) is 0 Å². The molecular weight excluding hydrogens is 719 g/mol. The van der Waals surface area contributed by atoms with E-state index in [4.69, 9.17) is 14.4 Å². The number of nitrogens with zero attached hydrogens (tertiary/aromatic N) is 2. The summed E-state index contributed by atoms with van der Waals surface area (Å²) in [5, 5.41) is 15.3. The first-order valence-corrected chi connectivity index (χ1v) is 20.1. The van der Waals surface area contributed by atoms with Crippen LogP contribution in [0.25, 0.3) is 87.3 Å². The average molecular weight is 754 g/mol. The minimum atomic E-state index is -0.327. The zero-order valence-electron chi connectivity index (χ0n) is 31.9. The molecule has 1 N–H and O–H groups in total. The van der Waals surface area contributed by atoms with Gasteiger partial charge in [-0.15, -0.1) is 0 Å². The van der Waals surface area contributed by atoms with E-state index in [1.165, 1.54) is 48.7 Å². The standard InChI is InChI=1S/C55H35N3O/c1-3-16-34(17-4-1)53-56-54(35-18-5-2-6-19-35)58-55(57-53)45-28-15-29-50-51(45)49-33-38(46-30-36-20-7-9-22-39(36)41-24-11-13-26-43(41)46)32-48(52(49)59-50)47-31-37-21-8-10-23-40(37)42-25-12-14-27-44(42)47/h1-33,53H,(H,56,57,58). The molecule has 0 amide bonds. The van der Waals surface area contributed by atoms with Crippen LogP contribution in [-0.2, 0) is 0 Å². The van der Waals surface area contributed by atoms with Crippen LogP contribution in [0, 0.1) is 0 Å². The normalized spacial score (nSPS) is 14.3. The van der Waals surface area contributed by atoms with Gasteiger partial charge in [0.15, 0.2) is 5.84 Å². The van der Waals surface area contributed by atoms with E-state index in [9.17, 15) is 0 Å². The molecule has 0 bridgehead atoms. The van der Waals surface area contributed by atoms with Gasteiger partial charge in [0.05, 0.1) is 0 Å². The smallest absolute Gasteiger partial charge is 0.160 e. The highest BCUT2D eigenvalue weighted by Gasteiger charge is 2.25. The second-order valence-corrected chi connectivity index (χ2v) is 15.3. The van der Waals surface area contributed by atoms with Gasteiger partial charge in [0, 0.05) is 27.5 Å². The van der Waals surface area contributed by atoms with E-state index in [1.54, 1.807) is 0 Å². The molecule has 2 heterocycles.